The van der Waals surface area contributed by atoms with Crippen LogP contribution in [0.4, 0.5) is 0 Å². The number of aryl methyl sites for hydroxylation is 1. The topological polar surface area (TPSA) is 77.0 Å². The molecule has 1 fully saturated rings. The quantitative estimate of drug-likeness (QED) is 0.532. The number of hydrogen-bond acceptors (Lipinski definition) is 7. The number of methoxy groups -OCH3 is 1. The first-order chi connectivity index (χ1) is 13.6. The summed E-state index contributed by atoms with van der Waals surface area (Å²) in [5.74, 6) is 5.91. The van der Waals surface area contributed by atoms with Gasteiger partial charge >= 0.3 is 0 Å². The van der Waals surface area contributed by atoms with Gasteiger partial charge in [-0.25, -0.2) is 5.84 Å². The van der Waals surface area contributed by atoms with E-state index in [4.69, 9.17) is 21.1 Å². The predicted octanol–water partition coefficient (Wildman–Crippen LogP) is 2.82. The molecule has 0 aliphatic carbocycles. The molecule has 0 unspecified atom stereocenters. The number of fused-ring (bicyclic) bond motifs is 2. The van der Waals surface area contributed by atoms with Crippen LogP contribution in [0.5, 0.6) is 0 Å². The van der Waals surface area contributed by atoms with Gasteiger partial charge in [0.1, 0.15) is 0 Å². The number of nitrogens with zero attached hydrogens (tertiary/aromatic N) is 2. The maximum Gasteiger partial charge on any atom is 0.0966 e. The predicted molar refractivity (Wildman–Crippen MR) is 117 cm³/mol. The third kappa shape index (κ3) is 5.70. The molecule has 6 nitrogen and oxygen atoms in total. The van der Waals surface area contributed by atoms with Crippen molar-refractivity contribution in [1.82, 2.24) is 9.91 Å². The minimum absolute atomic E-state index is 0.0785. The van der Waals surface area contributed by atoms with E-state index in [-0.39, 0.29) is 5.60 Å². The average Bonchev–Trinajstić information content (AvgIpc) is 3.15. The first-order valence-electron chi connectivity index (χ1n) is 10.5. The van der Waals surface area contributed by atoms with Gasteiger partial charge in [0.05, 0.1) is 25.4 Å². The molecule has 3 rings (SSSR count). The fraction of sp³-hybridized carbons (Fsp3) is 0.714. The minimum atomic E-state index is -0.0785. The van der Waals surface area contributed by atoms with Gasteiger partial charge in [-0.3, -0.25) is 4.90 Å². The second-order valence-corrected chi connectivity index (χ2v) is 8.43. The van der Waals surface area contributed by atoms with E-state index in [0.29, 0.717) is 13.2 Å². The molecule has 1 aromatic rings. The van der Waals surface area contributed by atoms with Crippen molar-refractivity contribution in [2.75, 3.05) is 46.5 Å². The fourth-order valence-electron chi connectivity index (χ4n) is 3.91. The molecule has 1 spiro atoms. The summed E-state index contributed by atoms with van der Waals surface area (Å²) < 4.78 is 11.4. The molecule has 0 radical (unpaired) electrons. The van der Waals surface area contributed by atoms with Crippen LogP contribution in [0.15, 0.2) is 18.0 Å². The number of piperidine rings is 1. The van der Waals surface area contributed by atoms with Crippen LogP contribution in [-0.2, 0) is 27.9 Å². The molecule has 2 aliphatic rings. The zero-order valence-electron chi connectivity index (χ0n) is 18.0. The Bertz CT molecular complexity index is 624. The van der Waals surface area contributed by atoms with E-state index >= 15 is 0 Å². The monoisotopic (exact) mass is 410 g/mol. The second-order valence-electron chi connectivity index (χ2n) is 7.21. The molecule has 1 saturated heterocycles. The normalized spacial score (nSPS) is 19.1. The molecule has 0 atom stereocenters. The maximum atomic E-state index is 6.34. The lowest BCUT2D eigenvalue weighted by Gasteiger charge is -2.44. The van der Waals surface area contributed by atoms with Crippen molar-refractivity contribution in [3.8, 4) is 0 Å². The number of hydrogen-bond donors (Lipinski definition) is 2. The Balaban J connectivity index is 0.00000136. The highest BCUT2D eigenvalue weighted by Crippen LogP contribution is 2.44. The van der Waals surface area contributed by atoms with Gasteiger partial charge in [-0.15, -0.1) is 11.3 Å². The Morgan fingerprint density at radius 3 is 2.75 bits per heavy atom. The maximum absolute atomic E-state index is 6.34. The van der Waals surface area contributed by atoms with E-state index in [0.717, 1.165) is 57.6 Å². The van der Waals surface area contributed by atoms with Gasteiger partial charge < -0.3 is 20.2 Å². The second kappa shape index (κ2) is 11.2. The van der Waals surface area contributed by atoms with Gasteiger partial charge in [-0.2, -0.15) is 0 Å². The lowest BCUT2D eigenvalue weighted by molar-refractivity contribution is -0.0961. The molecule has 2 aliphatic heterocycles. The molecular weight excluding hydrogens is 372 g/mol. The van der Waals surface area contributed by atoms with Crippen molar-refractivity contribution in [1.29, 1.82) is 0 Å². The summed E-state index contributed by atoms with van der Waals surface area (Å²) in [7, 11) is 1.67. The lowest BCUT2D eigenvalue weighted by Crippen LogP contribution is -2.47. The summed E-state index contributed by atoms with van der Waals surface area (Å²) in [6.45, 7) is 11.0. The third-order valence-electron chi connectivity index (χ3n) is 5.36. The van der Waals surface area contributed by atoms with Crippen LogP contribution < -0.4 is 11.6 Å². The van der Waals surface area contributed by atoms with Gasteiger partial charge in [0, 0.05) is 54.8 Å². The van der Waals surface area contributed by atoms with Crippen LogP contribution in [0.3, 0.4) is 0 Å². The Kier molecular flexibility index (Phi) is 9.24. The standard InChI is InChI=1S/C19H32N4O2S.C2H6/c1-3-16-12-17-18(26-16)4-10-25-19(17)5-7-22(8-6-19)13-15(20)14-23(21)9-11-24-2;1-2/h12,14H,3-11,13,20-21H2,1-2H3;1-2H3/b15-14-;. The van der Waals surface area contributed by atoms with E-state index in [9.17, 15) is 0 Å². The Labute approximate surface area is 174 Å². The number of hydrazine groups is 1. The van der Waals surface area contributed by atoms with Crippen LogP contribution in [0, 0.1) is 0 Å². The van der Waals surface area contributed by atoms with E-state index in [2.05, 4.69) is 17.9 Å². The van der Waals surface area contributed by atoms with Crippen molar-refractivity contribution in [2.24, 2.45) is 11.6 Å². The van der Waals surface area contributed by atoms with Crippen LogP contribution in [0.2, 0.25) is 0 Å². The minimum Gasteiger partial charge on any atom is -0.400 e. The Hall–Kier alpha value is -1.12. The third-order valence-corrected chi connectivity index (χ3v) is 6.70. The van der Waals surface area contributed by atoms with Crippen molar-refractivity contribution in [3.05, 3.63) is 33.3 Å². The fourth-order valence-corrected chi connectivity index (χ4v) is 5.08. The largest absolute Gasteiger partial charge is 0.400 e. The molecule has 1 aromatic heterocycles. The zero-order valence-corrected chi connectivity index (χ0v) is 18.8. The molecule has 28 heavy (non-hydrogen) atoms. The molecule has 0 bridgehead atoms. The Morgan fingerprint density at radius 1 is 1.39 bits per heavy atom. The first-order valence-corrected chi connectivity index (χ1v) is 11.3. The van der Waals surface area contributed by atoms with Crippen LogP contribution in [0.25, 0.3) is 0 Å². The molecule has 0 saturated carbocycles. The van der Waals surface area contributed by atoms with Gasteiger partial charge in [0.2, 0.25) is 0 Å². The zero-order chi connectivity index (χ0) is 20.6. The number of ether oxygens (including phenoxy) is 2. The summed E-state index contributed by atoms with van der Waals surface area (Å²) >= 11 is 1.98. The van der Waals surface area contributed by atoms with Gasteiger partial charge in [0.25, 0.3) is 0 Å². The highest BCUT2D eigenvalue weighted by atomic mass is 32.1. The van der Waals surface area contributed by atoms with Crippen molar-refractivity contribution in [3.63, 3.8) is 0 Å². The average molecular weight is 411 g/mol. The van der Waals surface area contributed by atoms with E-state index in [1.807, 2.05) is 31.4 Å². The smallest absolute Gasteiger partial charge is 0.0966 e. The van der Waals surface area contributed by atoms with Crippen molar-refractivity contribution < 1.29 is 9.47 Å². The molecule has 160 valence electrons. The number of thiophene rings is 1. The molecular formula is C21H38N4O2S. The molecule has 0 amide bonds. The van der Waals surface area contributed by atoms with Crippen LogP contribution in [-0.4, -0.2) is 56.4 Å². The summed E-state index contributed by atoms with van der Waals surface area (Å²) in [4.78, 5) is 5.41. The first kappa shape index (κ1) is 23.2. The van der Waals surface area contributed by atoms with Crippen molar-refractivity contribution >= 4 is 11.3 Å². The Morgan fingerprint density at radius 2 is 2.11 bits per heavy atom. The lowest BCUT2D eigenvalue weighted by atomic mass is 9.82. The summed E-state index contributed by atoms with van der Waals surface area (Å²) in [5.41, 5.74) is 8.34. The van der Waals surface area contributed by atoms with E-state index in [1.165, 1.54) is 15.3 Å². The number of rotatable bonds is 7. The van der Waals surface area contributed by atoms with Crippen LogP contribution in [0.1, 0.15) is 48.9 Å². The van der Waals surface area contributed by atoms with Gasteiger partial charge in [-0.05, 0) is 30.9 Å². The van der Waals surface area contributed by atoms with Crippen LogP contribution >= 0.6 is 11.3 Å². The highest BCUT2D eigenvalue weighted by Gasteiger charge is 2.41. The molecule has 7 heteroatoms. The van der Waals surface area contributed by atoms with Gasteiger partial charge in [-0.1, -0.05) is 20.8 Å². The summed E-state index contributed by atoms with van der Waals surface area (Å²) in [6, 6.07) is 2.39. The van der Waals surface area contributed by atoms with Crippen molar-refractivity contribution in [2.45, 2.75) is 52.1 Å². The van der Waals surface area contributed by atoms with E-state index < -0.39 is 0 Å². The number of likely N-dealkylation sites (tertiary alicyclic amines) is 1. The molecule has 4 N–H and O–H groups in total. The summed E-state index contributed by atoms with van der Waals surface area (Å²) in [6.07, 6.45) is 6.05. The molecule has 0 aromatic carbocycles. The van der Waals surface area contributed by atoms with E-state index in [1.54, 1.807) is 12.1 Å². The highest BCUT2D eigenvalue weighted by molar-refractivity contribution is 7.12. The SMILES string of the molecule is CC.CCc1cc2c(s1)CCOC21CCN(C/C(N)=C/N(N)CCOC)CC1. The van der Waals surface area contributed by atoms with Gasteiger partial charge in [0.15, 0.2) is 0 Å². The number of nitrogens with two attached hydrogens (primary N) is 2. The summed E-state index contributed by atoms with van der Waals surface area (Å²) in [5, 5.41) is 1.60. The molecule has 3 heterocycles.